The summed E-state index contributed by atoms with van der Waals surface area (Å²) in [6, 6.07) is 8.94. The topological polar surface area (TPSA) is 69.7 Å². The predicted octanol–water partition coefficient (Wildman–Crippen LogP) is 2.75. The summed E-state index contributed by atoms with van der Waals surface area (Å²) in [5, 5.41) is -0.857. The van der Waals surface area contributed by atoms with Crippen molar-refractivity contribution < 1.29 is 23.9 Å². The van der Waals surface area contributed by atoms with E-state index in [1.807, 2.05) is 6.07 Å². The SMILES string of the molecule is CCOC(=O)C(C(=O)OCC)C(SC(C)=O)c1ccccc1. The van der Waals surface area contributed by atoms with Crippen LogP contribution in [0.4, 0.5) is 0 Å². The van der Waals surface area contributed by atoms with Crippen LogP contribution in [0.25, 0.3) is 0 Å². The molecule has 0 aliphatic heterocycles. The summed E-state index contributed by atoms with van der Waals surface area (Å²) in [5.74, 6) is -2.52. The zero-order valence-electron chi connectivity index (χ0n) is 12.9. The Morgan fingerprint density at radius 2 is 1.50 bits per heavy atom. The first-order valence-corrected chi connectivity index (χ1v) is 7.94. The number of ether oxygens (including phenoxy) is 2. The molecule has 5 nitrogen and oxygen atoms in total. The molecular weight excluding hydrogens is 304 g/mol. The van der Waals surface area contributed by atoms with Crippen molar-refractivity contribution in [3.05, 3.63) is 35.9 Å². The van der Waals surface area contributed by atoms with Crippen LogP contribution in [0.2, 0.25) is 0 Å². The van der Waals surface area contributed by atoms with Gasteiger partial charge in [0.2, 0.25) is 0 Å². The van der Waals surface area contributed by atoms with Crippen molar-refractivity contribution in [2.24, 2.45) is 5.92 Å². The van der Waals surface area contributed by atoms with Crippen molar-refractivity contribution in [1.29, 1.82) is 0 Å². The predicted molar refractivity (Wildman–Crippen MR) is 84.2 cm³/mol. The van der Waals surface area contributed by atoms with Crippen molar-refractivity contribution in [2.45, 2.75) is 26.0 Å². The molecule has 0 spiro atoms. The fourth-order valence-corrected chi connectivity index (χ4v) is 2.97. The Hall–Kier alpha value is -1.82. The molecule has 1 aromatic carbocycles. The van der Waals surface area contributed by atoms with E-state index in [1.54, 1.807) is 38.1 Å². The number of carbonyl (C=O) groups is 3. The highest BCUT2D eigenvalue weighted by Crippen LogP contribution is 2.37. The Bertz CT molecular complexity index is 497. The molecule has 0 heterocycles. The Morgan fingerprint density at radius 1 is 1.00 bits per heavy atom. The molecule has 0 saturated carbocycles. The Balaban J connectivity index is 3.20. The molecule has 0 aliphatic carbocycles. The van der Waals surface area contributed by atoms with E-state index in [0.29, 0.717) is 5.56 Å². The standard InChI is InChI=1S/C16H20O5S/c1-4-20-15(18)13(16(19)21-5-2)14(22-11(3)17)12-9-7-6-8-10-12/h6-10,13-14H,4-5H2,1-3H3. The Morgan fingerprint density at radius 3 is 1.91 bits per heavy atom. The maximum absolute atomic E-state index is 12.2. The van der Waals surface area contributed by atoms with Crippen LogP contribution in [0.15, 0.2) is 30.3 Å². The van der Waals surface area contributed by atoms with Crippen LogP contribution in [-0.4, -0.2) is 30.3 Å². The lowest BCUT2D eigenvalue weighted by Crippen LogP contribution is -2.32. The number of benzene rings is 1. The van der Waals surface area contributed by atoms with Gasteiger partial charge in [-0.15, -0.1) is 0 Å². The maximum atomic E-state index is 12.2. The van der Waals surface area contributed by atoms with E-state index >= 15 is 0 Å². The summed E-state index contributed by atoms with van der Waals surface area (Å²) in [6.45, 7) is 5.03. The highest BCUT2D eigenvalue weighted by molar-refractivity contribution is 8.13. The number of thioether (sulfide) groups is 1. The van der Waals surface area contributed by atoms with Gasteiger partial charge in [0, 0.05) is 6.92 Å². The van der Waals surface area contributed by atoms with Gasteiger partial charge in [0.25, 0.3) is 0 Å². The van der Waals surface area contributed by atoms with Crippen LogP contribution in [-0.2, 0) is 23.9 Å². The zero-order valence-corrected chi connectivity index (χ0v) is 13.7. The number of carbonyl (C=O) groups excluding carboxylic acids is 3. The van der Waals surface area contributed by atoms with Gasteiger partial charge >= 0.3 is 11.9 Å². The lowest BCUT2D eigenvalue weighted by atomic mass is 9.98. The molecule has 0 saturated heterocycles. The van der Waals surface area contributed by atoms with Gasteiger partial charge in [-0.25, -0.2) is 0 Å². The third-order valence-corrected chi connectivity index (χ3v) is 3.94. The minimum Gasteiger partial charge on any atom is -0.465 e. The summed E-state index contributed by atoms with van der Waals surface area (Å²) >= 11 is 0.929. The van der Waals surface area contributed by atoms with E-state index in [-0.39, 0.29) is 18.3 Å². The van der Waals surface area contributed by atoms with Crippen LogP contribution in [0.5, 0.6) is 0 Å². The first-order valence-electron chi connectivity index (χ1n) is 7.06. The normalized spacial score (nSPS) is 11.8. The van der Waals surface area contributed by atoms with Crippen molar-refractivity contribution in [3.63, 3.8) is 0 Å². The maximum Gasteiger partial charge on any atom is 0.321 e. The number of hydrogen-bond donors (Lipinski definition) is 0. The molecule has 0 aromatic heterocycles. The first-order chi connectivity index (χ1) is 10.5. The van der Waals surface area contributed by atoms with Crippen molar-refractivity contribution in [2.75, 3.05) is 13.2 Å². The molecule has 0 N–H and O–H groups in total. The van der Waals surface area contributed by atoms with Crippen molar-refractivity contribution in [1.82, 2.24) is 0 Å². The molecule has 6 heteroatoms. The molecule has 22 heavy (non-hydrogen) atoms. The van der Waals surface area contributed by atoms with Gasteiger partial charge in [0.05, 0.1) is 18.5 Å². The minimum atomic E-state index is -1.17. The van der Waals surface area contributed by atoms with E-state index in [2.05, 4.69) is 0 Å². The molecule has 1 rings (SSSR count). The lowest BCUT2D eigenvalue weighted by Gasteiger charge is -2.23. The fraction of sp³-hybridized carbons (Fsp3) is 0.438. The Labute approximate surface area is 134 Å². The van der Waals surface area contributed by atoms with E-state index < -0.39 is 23.1 Å². The summed E-state index contributed by atoms with van der Waals surface area (Å²) in [4.78, 5) is 36.0. The van der Waals surface area contributed by atoms with Gasteiger partial charge in [0.1, 0.15) is 0 Å². The summed E-state index contributed by atoms with van der Waals surface area (Å²) in [5.41, 5.74) is 0.703. The summed E-state index contributed by atoms with van der Waals surface area (Å²) in [7, 11) is 0. The fourth-order valence-electron chi connectivity index (χ4n) is 1.96. The molecule has 120 valence electrons. The zero-order chi connectivity index (χ0) is 16.5. The molecule has 0 aliphatic rings. The van der Waals surface area contributed by atoms with Gasteiger partial charge in [-0.05, 0) is 19.4 Å². The van der Waals surface area contributed by atoms with Gasteiger partial charge < -0.3 is 9.47 Å². The average Bonchev–Trinajstić information content (AvgIpc) is 2.47. The van der Waals surface area contributed by atoms with Crippen LogP contribution < -0.4 is 0 Å². The van der Waals surface area contributed by atoms with Crippen LogP contribution in [0.3, 0.4) is 0 Å². The molecule has 0 radical (unpaired) electrons. The third-order valence-electron chi connectivity index (χ3n) is 2.80. The molecule has 1 aromatic rings. The molecule has 0 amide bonds. The summed E-state index contributed by atoms with van der Waals surface area (Å²) < 4.78 is 9.98. The molecule has 0 fully saturated rings. The van der Waals surface area contributed by atoms with E-state index in [0.717, 1.165) is 11.8 Å². The lowest BCUT2D eigenvalue weighted by molar-refractivity contribution is -0.161. The third kappa shape index (κ3) is 5.18. The van der Waals surface area contributed by atoms with Crippen LogP contribution in [0, 0.1) is 5.92 Å². The minimum absolute atomic E-state index is 0.154. The highest BCUT2D eigenvalue weighted by atomic mass is 32.2. The van der Waals surface area contributed by atoms with E-state index in [4.69, 9.17) is 9.47 Å². The average molecular weight is 324 g/mol. The second-order valence-electron chi connectivity index (χ2n) is 4.42. The van der Waals surface area contributed by atoms with Crippen LogP contribution in [0.1, 0.15) is 31.6 Å². The molecule has 0 bridgehead atoms. The van der Waals surface area contributed by atoms with Gasteiger partial charge in [0.15, 0.2) is 11.0 Å². The smallest absolute Gasteiger partial charge is 0.321 e. The Kier molecular flexibility index (Phi) is 7.66. The monoisotopic (exact) mass is 324 g/mol. The molecule has 1 atom stereocenters. The molecule has 1 unspecified atom stereocenters. The highest BCUT2D eigenvalue weighted by Gasteiger charge is 2.39. The van der Waals surface area contributed by atoms with E-state index in [1.165, 1.54) is 6.92 Å². The second-order valence-corrected chi connectivity index (χ2v) is 5.74. The van der Waals surface area contributed by atoms with Gasteiger partial charge in [-0.1, -0.05) is 42.1 Å². The number of esters is 2. The number of rotatable bonds is 7. The van der Waals surface area contributed by atoms with Crippen LogP contribution >= 0.6 is 11.8 Å². The molecular formula is C16H20O5S. The quantitative estimate of drug-likeness (QED) is 0.567. The number of hydrogen-bond acceptors (Lipinski definition) is 6. The first kappa shape index (κ1) is 18.2. The van der Waals surface area contributed by atoms with Crippen molar-refractivity contribution >= 4 is 28.8 Å². The summed E-state index contributed by atoms with van der Waals surface area (Å²) in [6.07, 6.45) is 0. The van der Waals surface area contributed by atoms with Crippen molar-refractivity contribution in [3.8, 4) is 0 Å². The second kappa shape index (κ2) is 9.25. The largest absolute Gasteiger partial charge is 0.465 e. The van der Waals surface area contributed by atoms with Gasteiger partial charge in [-0.3, -0.25) is 14.4 Å². The van der Waals surface area contributed by atoms with Gasteiger partial charge in [-0.2, -0.15) is 0 Å². The van der Waals surface area contributed by atoms with E-state index in [9.17, 15) is 14.4 Å².